The molecular weight excluding hydrogens is 284 g/mol. The van der Waals surface area contributed by atoms with Crippen molar-refractivity contribution in [3.05, 3.63) is 54.1 Å². The van der Waals surface area contributed by atoms with Crippen molar-refractivity contribution in [2.24, 2.45) is 0 Å². The molecule has 3 rings (SSSR count). The Morgan fingerprint density at radius 1 is 1.09 bits per heavy atom. The molecule has 1 heterocycles. The second kappa shape index (κ2) is 6.07. The molecule has 3 heteroatoms. The highest BCUT2D eigenvalue weighted by Gasteiger charge is 2.30. The number of benzene rings is 2. The van der Waals surface area contributed by atoms with Crippen molar-refractivity contribution in [2.75, 3.05) is 16.8 Å². The number of hydrogen-bond donors (Lipinski definition) is 1. The zero-order valence-electron chi connectivity index (χ0n) is 14.1. The standard InChI is InChI=1S/C20H24N2O/c1-15(23)22-13-7-12-20(2,3)18-11-10-17(14-19(18)22)21-16-8-5-4-6-9-16/h4-6,8-11,14,21H,7,12-13H2,1-3H3. The van der Waals surface area contributed by atoms with E-state index in [4.69, 9.17) is 0 Å². The molecule has 1 N–H and O–H groups in total. The number of nitrogens with one attached hydrogen (secondary N) is 1. The monoisotopic (exact) mass is 308 g/mol. The molecule has 1 aliphatic rings. The van der Waals surface area contributed by atoms with Gasteiger partial charge in [-0.3, -0.25) is 4.79 Å². The lowest BCUT2D eigenvalue weighted by Gasteiger charge is -2.28. The van der Waals surface area contributed by atoms with Crippen LogP contribution in [0.3, 0.4) is 0 Å². The molecular formula is C20H24N2O. The van der Waals surface area contributed by atoms with E-state index >= 15 is 0 Å². The van der Waals surface area contributed by atoms with Crippen LogP contribution >= 0.6 is 0 Å². The molecule has 0 fully saturated rings. The maximum absolute atomic E-state index is 12.1. The Morgan fingerprint density at radius 2 is 1.83 bits per heavy atom. The van der Waals surface area contributed by atoms with Gasteiger partial charge in [-0.2, -0.15) is 0 Å². The van der Waals surface area contributed by atoms with Crippen LogP contribution in [0, 0.1) is 0 Å². The van der Waals surface area contributed by atoms with Gasteiger partial charge in [0, 0.05) is 30.5 Å². The van der Waals surface area contributed by atoms with Crippen molar-refractivity contribution in [2.45, 2.75) is 39.0 Å². The summed E-state index contributed by atoms with van der Waals surface area (Å²) < 4.78 is 0. The van der Waals surface area contributed by atoms with E-state index in [0.717, 1.165) is 36.4 Å². The highest BCUT2D eigenvalue weighted by molar-refractivity contribution is 5.93. The molecule has 0 aliphatic carbocycles. The van der Waals surface area contributed by atoms with Gasteiger partial charge in [-0.1, -0.05) is 38.1 Å². The van der Waals surface area contributed by atoms with Crippen LogP contribution in [0.1, 0.15) is 39.2 Å². The predicted octanol–water partition coefficient (Wildman–Crippen LogP) is 4.85. The molecule has 0 saturated carbocycles. The third kappa shape index (κ3) is 3.24. The fourth-order valence-corrected chi connectivity index (χ4v) is 3.35. The molecule has 0 spiro atoms. The summed E-state index contributed by atoms with van der Waals surface area (Å²) in [6.45, 7) is 6.97. The van der Waals surface area contributed by atoms with Crippen LogP contribution in [0.4, 0.5) is 17.1 Å². The molecule has 1 aliphatic heterocycles. The quantitative estimate of drug-likeness (QED) is 0.859. The Morgan fingerprint density at radius 3 is 2.52 bits per heavy atom. The number of rotatable bonds is 2. The van der Waals surface area contributed by atoms with Crippen molar-refractivity contribution < 1.29 is 4.79 Å². The Labute approximate surface area is 138 Å². The average molecular weight is 308 g/mol. The summed E-state index contributed by atoms with van der Waals surface area (Å²) in [5, 5.41) is 3.42. The first-order valence-electron chi connectivity index (χ1n) is 8.22. The van der Waals surface area contributed by atoms with E-state index in [0.29, 0.717) is 0 Å². The van der Waals surface area contributed by atoms with Crippen LogP contribution in [-0.2, 0) is 10.2 Å². The number of hydrogen-bond acceptors (Lipinski definition) is 2. The lowest BCUT2D eigenvalue weighted by atomic mass is 9.80. The normalized spacial score (nSPS) is 16.4. The lowest BCUT2D eigenvalue weighted by Crippen LogP contribution is -2.29. The van der Waals surface area contributed by atoms with E-state index in [-0.39, 0.29) is 11.3 Å². The van der Waals surface area contributed by atoms with Crippen molar-refractivity contribution in [1.82, 2.24) is 0 Å². The van der Waals surface area contributed by atoms with Crippen molar-refractivity contribution in [1.29, 1.82) is 0 Å². The van der Waals surface area contributed by atoms with Crippen LogP contribution in [-0.4, -0.2) is 12.5 Å². The highest BCUT2D eigenvalue weighted by Crippen LogP contribution is 2.40. The number of nitrogens with zero attached hydrogens (tertiary/aromatic N) is 1. The molecule has 0 aromatic heterocycles. The van der Waals surface area contributed by atoms with Gasteiger partial charge in [0.25, 0.3) is 0 Å². The van der Waals surface area contributed by atoms with Gasteiger partial charge in [0.2, 0.25) is 5.91 Å². The van der Waals surface area contributed by atoms with Gasteiger partial charge < -0.3 is 10.2 Å². The zero-order valence-corrected chi connectivity index (χ0v) is 14.1. The van der Waals surface area contributed by atoms with Crippen molar-refractivity contribution >= 4 is 23.0 Å². The summed E-state index contributed by atoms with van der Waals surface area (Å²) in [5.41, 5.74) is 4.45. The zero-order chi connectivity index (χ0) is 16.4. The van der Waals surface area contributed by atoms with Gasteiger partial charge in [-0.15, -0.1) is 0 Å². The van der Waals surface area contributed by atoms with Gasteiger partial charge >= 0.3 is 0 Å². The lowest BCUT2D eigenvalue weighted by molar-refractivity contribution is -0.116. The SMILES string of the molecule is CC(=O)N1CCCC(C)(C)c2ccc(Nc3ccccc3)cc21. The molecule has 2 aromatic rings. The maximum Gasteiger partial charge on any atom is 0.223 e. The summed E-state index contributed by atoms with van der Waals surface area (Å²) >= 11 is 0. The third-order valence-corrected chi connectivity index (χ3v) is 4.64. The van der Waals surface area contributed by atoms with E-state index in [1.165, 1.54) is 5.56 Å². The summed E-state index contributed by atoms with van der Waals surface area (Å²) in [6.07, 6.45) is 2.12. The largest absolute Gasteiger partial charge is 0.355 e. The first-order valence-corrected chi connectivity index (χ1v) is 8.22. The smallest absolute Gasteiger partial charge is 0.223 e. The van der Waals surface area contributed by atoms with Crippen LogP contribution in [0.5, 0.6) is 0 Å². The molecule has 2 aromatic carbocycles. The minimum absolute atomic E-state index is 0.0881. The van der Waals surface area contributed by atoms with E-state index in [9.17, 15) is 4.79 Å². The number of anilines is 3. The molecule has 0 unspecified atom stereocenters. The molecule has 0 bridgehead atoms. The second-order valence-corrected chi connectivity index (χ2v) is 6.88. The first-order chi connectivity index (χ1) is 11.0. The van der Waals surface area contributed by atoms with Crippen LogP contribution in [0.2, 0.25) is 0 Å². The molecule has 0 atom stereocenters. The predicted molar refractivity (Wildman–Crippen MR) is 96.5 cm³/mol. The van der Waals surface area contributed by atoms with Gasteiger partial charge in [0.15, 0.2) is 0 Å². The summed E-state index contributed by atoms with van der Waals surface area (Å²) in [6, 6.07) is 16.5. The maximum atomic E-state index is 12.1. The van der Waals surface area contributed by atoms with Crippen LogP contribution in [0.25, 0.3) is 0 Å². The molecule has 23 heavy (non-hydrogen) atoms. The van der Waals surface area contributed by atoms with E-state index in [1.54, 1.807) is 6.92 Å². The van der Waals surface area contributed by atoms with Gasteiger partial charge in [0.1, 0.15) is 0 Å². The third-order valence-electron chi connectivity index (χ3n) is 4.64. The topological polar surface area (TPSA) is 32.3 Å². The number of carbonyl (C=O) groups excluding carboxylic acids is 1. The van der Waals surface area contributed by atoms with Gasteiger partial charge in [0.05, 0.1) is 0 Å². The van der Waals surface area contributed by atoms with E-state index in [1.807, 2.05) is 35.2 Å². The van der Waals surface area contributed by atoms with E-state index in [2.05, 4.69) is 37.4 Å². The van der Waals surface area contributed by atoms with Crippen LogP contribution < -0.4 is 10.2 Å². The fourth-order valence-electron chi connectivity index (χ4n) is 3.35. The first kappa shape index (κ1) is 15.6. The number of amides is 1. The number of para-hydroxylation sites is 1. The van der Waals surface area contributed by atoms with Crippen molar-refractivity contribution in [3.63, 3.8) is 0 Å². The van der Waals surface area contributed by atoms with E-state index < -0.39 is 0 Å². The minimum atomic E-state index is 0.0881. The van der Waals surface area contributed by atoms with Crippen LogP contribution in [0.15, 0.2) is 48.5 Å². The number of fused-ring (bicyclic) bond motifs is 1. The second-order valence-electron chi connectivity index (χ2n) is 6.88. The highest BCUT2D eigenvalue weighted by atomic mass is 16.2. The summed E-state index contributed by atoms with van der Waals surface area (Å²) in [4.78, 5) is 14.0. The Kier molecular flexibility index (Phi) is 4.12. The Hall–Kier alpha value is -2.29. The minimum Gasteiger partial charge on any atom is -0.355 e. The molecule has 120 valence electrons. The fraction of sp³-hybridized carbons (Fsp3) is 0.350. The molecule has 0 radical (unpaired) electrons. The Balaban J connectivity index is 2.02. The molecule has 3 nitrogen and oxygen atoms in total. The Bertz CT molecular complexity index is 707. The molecule has 1 amide bonds. The average Bonchev–Trinajstić information content (AvgIpc) is 2.64. The van der Waals surface area contributed by atoms with Crippen molar-refractivity contribution in [3.8, 4) is 0 Å². The summed E-state index contributed by atoms with van der Waals surface area (Å²) in [5.74, 6) is 0.112. The van der Waals surface area contributed by atoms with Gasteiger partial charge in [-0.05, 0) is 48.1 Å². The molecule has 0 saturated heterocycles. The van der Waals surface area contributed by atoms with Gasteiger partial charge in [-0.25, -0.2) is 0 Å². The number of carbonyl (C=O) groups is 1. The summed E-state index contributed by atoms with van der Waals surface area (Å²) in [7, 11) is 0.